The summed E-state index contributed by atoms with van der Waals surface area (Å²) in [6.07, 6.45) is -2.18. The molecule has 9 heteroatoms. The maximum atomic E-state index is 12.6. The number of carbonyl (C=O) groups is 3. The molecule has 9 nitrogen and oxygen atoms in total. The van der Waals surface area contributed by atoms with Crippen molar-refractivity contribution in [2.75, 3.05) is 7.11 Å². The largest absolute Gasteiger partial charge is 0.497 e. The first-order valence-corrected chi connectivity index (χ1v) is 9.61. The molecule has 2 aromatic rings. The first-order chi connectivity index (χ1) is 14.8. The van der Waals surface area contributed by atoms with E-state index < -0.39 is 36.2 Å². The van der Waals surface area contributed by atoms with Gasteiger partial charge < -0.3 is 30.3 Å². The van der Waals surface area contributed by atoms with Crippen LogP contribution in [-0.2, 0) is 27.4 Å². The summed E-state index contributed by atoms with van der Waals surface area (Å²) in [4.78, 5) is 36.3. The van der Waals surface area contributed by atoms with E-state index in [0.717, 1.165) is 5.56 Å². The Morgan fingerprint density at radius 1 is 0.968 bits per heavy atom. The lowest BCUT2D eigenvalue weighted by Crippen LogP contribution is -2.56. The van der Waals surface area contributed by atoms with Gasteiger partial charge in [-0.2, -0.15) is 0 Å². The van der Waals surface area contributed by atoms with Gasteiger partial charge in [-0.1, -0.05) is 42.5 Å². The molecular weight excluding hydrogens is 404 g/mol. The zero-order valence-corrected chi connectivity index (χ0v) is 17.3. The van der Waals surface area contributed by atoms with Gasteiger partial charge >= 0.3 is 12.1 Å². The molecule has 0 aliphatic carbocycles. The second-order valence-corrected chi connectivity index (χ2v) is 6.88. The fourth-order valence-corrected chi connectivity index (χ4v) is 2.76. The van der Waals surface area contributed by atoms with E-state index >= 15 is 0 Å². The Kier molecular flexibility index (Phi) is 8.83. The second kappa shape index (κ2) is 11.6. The van der Waals surface area contributed by atoms with Gasteiger partial charge in [0.1, 0.15) is 24.4 Å². The molecule has 0 spiro atoms. The van der Waals surface area contributed by atoms with Crippen LogP contribution in [0.5, 0.6) is 5.75 Å². The van der Waals surface area contributed by atoms with Crippen LogP contribution < -0.4 is 15.4 Å². The monoisotopic (exact) mass is 430 g/mol. The van der Waals surface area contributed by atoms with Crippen LogP contribution in [0, 0.1) is 0 Å². The molecule has 0 unspecified atom stereocenters. The van der Waals surface area contributed by atoms with Gasteiger partial charge in [0.05, 0.1) is 13.2 Å². The molecule has 166 valence electrons. The van der Waals surface area contributed by atoms with Gasteiger partial charge in [0, 0.05) is 6.42 Å². The molecular formula is C22H26N2O7. The van der Waals surface area contributed by atoms with Gasteiger partial charge in [-0.15, -0.1) is 0 Å². The number of aliphatic carboxylic acids is 1. The average molecular weight is 430 g/mol. The highest BCUT2D eigenvalue weighted by Gasteiger charge is 2.30. The van der Waals surface area contributed by atoms with Gasteiger partial charge in [-0.3, -0.25) is 4.79 Å². The van der Waals surface area contributed by atoms with Crippen molar-refractivity contribution in [1.29, 1.82) is 0 Å². The van der Waals surface area contributed by atoms with Crippen molar-refractivity contribution >= 4 is 18.0 Å². The molecule has 0 saturated heterocycles. The number of aliphatic hydroxyl groups is 1. The minimum absolute atomic E-state index is 0.00997. The van der Waals surface area contributed by atoms with Gasteiger partial charge in [-0.25, -0.2) is 9.59 Å². The van der Waals surface area contributed by atoms with Crippen LogP contribution in [-0.4, -0.2) is 53.5 Å². The Labute approximate surface area is 180 Å². The quantitative estimate of drug-likeness (QED) is 0.449. The molecule has 0 saturated carbocycles. The number of benzene rings is 2. The Morgan fingerprint density at radius 3 is 2.16 bits per heavy atom. The van der Waals surface area contributed by atoms with E-state index in [0.29, 0.717) is 11.3 Å². The summed E-state index contributed by atoms with van der Waals surface area (Å²) < 4.78 is 10.1. The van der Waals surface area contributed by atoms with Crippen molar-refractivity contribution in [2.45, 2.75) is 38.1 Å². The van der Waals surface area contributed by atoms with Gasteiger partial charge in [0.15, 0.2) is 0 Å². The predicted molar refractivity (Wildman–Crippen MR) is 111 cm³/mol. The number of nitrogens with one attached hydrogen (secondary N) is 2. The van der Waals surface area contributed by atoms with E-state index in [9.17, 15) is 24.6 Å². The second-order valence-electron chi connectivity index (χ2n) is 6.88. The Balaban J connectivity index is 1.97. The Hall–Kier alpha value is -3.59. The SMILES string of the molecule is COc1ccc(C[C@@H](NC(=O)[C@@H](NC(=O)OCc2ccccc2)[C@@H](C)O)C(=O)O)cc1. The lowest BCUT2D eigenvalue weighted by atomic mass is 10.0. The van der Waals surface area contributed by atoms with E-state index in [1.165, 1.54) is 14.0 Å². The maximum Gasteiger partial charge on any atom is 0.408 e. The molecule has 0 heterocycles. The summed E-state index contributed by atoms with van der Waals surface area (Å²) in [5, 5.41) is 24.0. The number of alkyl carbamates (subject to hydrolysis) is 1. The van der Waals surface area contributed by atoms with Gasteiger partial charge in [0.25, 0.3) is 0 Å². The summed E-state index contributed by atoms with van der Waals surface area (Å²) in [6.45, 7) is 1.29. The fourth-order valence-electron chi connectivity index (χ4n) is 2.76. The normalized spacial score (nSPS) is 13.4. The molecule has 0 aromatic heterocycles. The standard InChI is InChI=1S/C22H26N2O7/c1-14(25)19(24-22(29)31-13-16-6-4-3-5-7-16)20(26)23-18(21(27)28)12-15-8-10-17(30-2)11-9-15/h3-11,14,18-19,25H,12-13H2,1-2H3,(H,23,26)(H,24,29)(H,27,28)/t14-,18-,19+/m1/s1. The molecule has 2 amide bonds. The van der Waals surface area contributed by atoms with Crippen molar-refractivity contribution in [3.63, 3.8) is 0 Å². The fraction of sp³-hybridized carbons (Fsp3) is 0.318. The van der Waals surface area contributed by atoms with Crippen LogP contribution in [0.2, 0.25) is 0 Å². The number of ether oxygens (including phenoxy) is 2. The number of amides is 2. The van der Waals surface area contributed by atoms with Crippen molar-refractivity contribution in [3.8, 4) is 5.75 Å². The molecule has 2 aromatic carbocycles. The van der Waals surface area contributed by atoms with Crippen molar-refractivity contribution < 1.29 is 34.1 Å². The van der Waals surface area contributed by atoms with Gasteiger partial charge in [-0.05, 0) is 30.2 Å². The number of aliphatic hydroxyl groups excluding tert-OH is 1. The van der Waals surface area contributed by atoms with E-state index in [2.05, 4.69) is 10.6 Å². The lowest BCUT2D eigenvalue weighted by Gasteiger charge is -2.23. The van der Waals surface area contributed by atoms with Crippen LogP contribution in [0.15, 0.2) is 54.6 Å². The van der Waals surface area contributed by atoms with Crippen LogP contribution in [0.1, 0.15) is 18.1 Å². The number of carboxylic acids is 1. The molecule has 31 heavy (non-hydrogen) atoms. The van der Waals surface area contributed by atoms with Gasteiger partial charge in [0.2, 0.25) is 5.91 Å². The number of rotatable bonds is 10. The van der Waals surface area contributed by atoms with Crippen molar-refractivity contribution in [3.05, 3.63) is 65.7 Å². The lowest BCUT2D eigenvalue weighted by molar-refractivity contribution is -0.142. The number of carboxylic acid groups (broad SMARTS) is 1. The number of carbonyl (C=O) groups excluding carboxylic acids is 2. The van der Waals surface area contributed by atoms with Crippen LogP contribution in [0.25, 0.3) is 0 Å². The summed E-state index contributed by atoms with van der Waals surface area (Å²) in [7, 11) is 1.52. The minimum atomic E-state index is -1.39. The molecule has 0 radical (unpaired) electrons. The molecule has 0 aliphatic rings. The molecule has 0 bridgehead atoms. The summed E-state index contributed by atoms with van der Waals surface area (Å²) >= 11 is 0. The van der Waals surface area contributed by atoms with Crippen LogP contribution in [0.3, 0.4) is 0 Å². The van der Waals surface area contributed by atoms with E-state index in [4.69, 9.17) is 9.47 Å². The van der Waals surface area contributed by atoms with E-state index in [1.54, 1.807) is 48.5 Å². The maximum absolute atomic E-state index is 12.6. The van der Waals surface area contributed by atoms with Crippen LogP contribution >= 0.6 is 0 Å². The number of methoxy groups -OCH3 is 1. The number of hydrogen-bond acceptors (Lipinski definition) is 6. The average Bonchev–Trinajstić information content (AvgIpc) is 2.76. The van der Waals surface area contributed by atoms with Crippen LogP contribution in [0.4, 0.5) is 4.79 Å². The summed E-state index contributed by atoms with van der Waals surface area (Å²) in [5.74, 6) is -1.47. The van der Waals surface area contributed by atoms with E-state index in [1.807, 2.05) is 6.07 Å². The third-order valence-corrected chi connectivity index (χ3v) is 4.46. The highest BCUT2D eigenvalue weighted by molar-refractivity contribution is 5.89. The molecule has 0 aliphatic heterocycles. The summed E-state index contributed by atoms with van der Waals surface area (Å²) in [6, 6.07) is 13.0. The Morgan fingerprint density at radius 2 is 1.61 bits per heavy atom. The first kappa shape index (κ1) is 23.7. The zero-order valence-electron chi connectivity index (χ0n) is 17.3. The third kappa shape index (κ3) is 7.63. The zero-order chi connectivity index (χ0) is 22.8. The van der Waals surface area contributed by atoms with E-state index in [-0.39, 0.29) is 13.0 Å². The van der Waals surface area contributed by atoms with Crippen molar-refractivity contribution in [2.24, 2.45) is 0 Å². The Bertz CT molecular complexity index is 869. The topological polar surface area (TPSA) is 134 Å². The number of hydrogen-bond donors (Lipinski definition) is 4. The smallest absolute Gasteiger partial charge is 0.408 e. The predicted octanol–water partition coefficient (Wildman–Crippen LogP) is 1.48. The highest BCUT2D eigenvalue weighted by Crippen LogP contribution is 2.13. The molecule has 2 rings (SSSR count). The molecule has 0 fully saturated rings. The molecule has 3 atom stereocenters. The summed E-state index contributed by atoms with van der Waals surface area (Å²) in [5.41, 5.74) is 1.42. The minimum Gasteiger partial charge on any atom is -0.497 e. The molecule has 4 N–H and O–H groups in total. The third-order valence-electron chi connectivity index (χ3n) is 4.46. The highest BCUT2D eigenvalue weighted by atomic mass is 16.5. The van der Waals surface area contributed by atoms with Crippen molar-refractivity contribution in [1.82, 2.24) is 10.6 Å². The first-order valence-electron chi connectivity index (χ1n) is 9.61.